The van der Waals surface area contributed by atoms with Crippen LogP contribution >= 0.6 is 0 Å². The molecule has 2 aromatic carbocycles. The highest BCUT2D eigenvalue weighted by Crippen LogP contribution is 2.33. The molecule has 2 rings (SSSR count). The Morgan fingerprint density at radius 1 is 1.11 bits per heavy atom. The lowest BCUT2D eigenvalue weighted by Gasteiger charge is -2.18. The van der Waals surface area contributed by atoms with Crippen LogP contribution in [0.3, 0.4) is 0 Å². The number of hydrogen-bond donors (Lipinski definition) is 1. The summed E-state index contributed by atoms with van der Waals surface area (Å²) in [5.74, 6) is 0.872. The van der Waals surface area contributed by atoms with E-state index >= 15 is 0 Å². The van der Waals surface area contributed by atoms with Gasteiger partial charge in [0.1, 0.15) is 12.4 Å². The fourth-order valence-corrected chi connectivity index (χ4v) is 2.05. The summed E-state index contributed by atoms with van der Waals surface area (Å²) in [5, 5.41) is 2.26. The summed E-state index contributed by atoms with van der Waals surface area (Å²) in [7, 11) is 1.68. The number of nitrogens with two attached hydrogens (primary N) is 1. The van der Waals surface area contributed by atoms with Crippen molar-refractivity contribution in [3.8, 4) is 5.75 Å². The van der Waals surface area contributed by atoms with E-state index in [2.05, 4.69) is 18.2 Å². The average Bonchev–Trinajstić information content (AvgIpc) is 2.43. The van der Waals surface area contributed by atoms with Gasteiger partial charge < -0.3 is 15.2 Å². The van der Waals surface area contributed by atoms with E-state index in [1.165, 1.54) is 0 Å². The summed E-state index contributed by atoms with van der Waals surface area (Å²) in [5.41, 5.74) is 7.06. The molecule has 2 aromatic rings. The monoisotopic (exact) mass is 259 g/mol. The molecule has 0 saturated carbocycles. The molecule has 0 radical (unpaired) electrons. The van der Waals surface area contributed by atoms with E-state index in [-0.39, 0.29) is 12.1 Å². The number of hydrogen-bond acceptors (Lipinski definition) is 3. The molecule has 19 heavy (non-hydrogen) atoms. The third kappa shape index (κ3) is 3.06. The van der Waals surface area contributed by atoms with Crippen LogP contribution in [0, 0.1) is 0 Å². The van der Waals surface area contributed by atoms with Crippen molar-refractivity contribution in [2.75, 3.05) is 13.7 Å². The molecule has 0 aliphatic heterocycles. The van der Waals surface area contributed by atoms with Crippen LogP contribution in [0.4, 0.5) is 0 Å². The van der Waals surface area contributed by atoms with Gasteiger partial charge in [0.15, 0.2) is 0 Å². The van der Waals surface area contributed by atoms with Crippen LogP contribution in [-0.2, 0) is 4.74 Å². The first-order valence-electron chi connectivity index (χ1n) is 6.56. The molecule has 0 spiro atoms. The topological polar surface area (TPSA) is 44.5 Å². The molecule has 3 nitrogen and oxygen atoms in total. The number of ether oxygens (including phenoxy) is 2. The maximum absolute atomic E-state index is 6.03. The maximum Gasteiger partial charge on any atom is 0.132 e. The second-order valence-corrected chi connectivity index (χ2v) is 4.85. The van der Waals surface area contributed by atoms with Crippen molar-refractivity contribution in [3.63, 3.8) is 0 Å². The zero-order valence-electron chi connectivity index (χ0n) is 11.7. The van der Waals surface area contributed by atoms with Crippen LogP contribution < -0.4 is 10.5 Å². The van der Waals surface area contributed by atoms with Crippen LogP contribution in [0.15, 0.2) is 36.4 Å². The van der Waals surface area contributed by atoms with Gasteiger partial charge in [0, 0.05) is 24.1 Å². The van der Waals surface area contributed by atoms with Crippen molar-refractivity contribution < 1.29 is 9.47 Å². The SMILES string of the molecule is COC(C)COc1c([C@H](C)N)ccc2ccccc12. The minimum Gasteiger partial charge on any atom is -0.490 e. The molecule has 2 atom stereocenters. The summed E-state index contributed by atoms with van der Waals surface area (Å²) in [4.78, 5) is 0. The van der Waals surface area contributed by atoms with E-state index in [1.807, 2.05) is 32.0 Å². The fourth-order valence-electron chi connectivity index (χ4n) is 2.05. The maximum atomic E-state index is 6.03. The number of fused-ring (bicyclic) bond motifs is 1. The zero-order chi connectivity index (χ0) is 13.8. The Morgan fingerprint density at radius 2 is 1.84 bits per heavy atom. The molecule has 1 unspecified atom stereocenters. The first-order chi connectivity index (χ1) is 9.13. The Hall–Kier alpha value is -1.58. The molecule has 3 heteroatoms. The third-order valence-corrected chi connectivity index (χ3v) is 3.27. The zero-order valence-corrected chi connectivity index (χ0v) is 11.7. The van der Waals surface area contributed by atoms with Crippen molar-refractivity contribution in [1.82, 2.24) is 0 Å². The highest BCUT2D eigenvalue weighted by Gasteiger charge is 2.13. The van der Waals surface area contributed by atoms with Gasteiger partial charge in [-0.05, 0) is 19.2 Å². The number of rotatable bonds is 5. The third-order valence-electron chi connectivity index (χ3n) is 3.27. The summed E-state index contributed by atoms with van der Waals surface area (Å²) in [6, 6.07) is 12.2. The molecule has 0 amide bonds. The Bertz CT molecular complexity index is 551. The molecule has 0 fully saturated rings. The van der Waals surface area contributed by atoms with E-state index in [9.17, 15) is 0 Å². The first-order valence-corrected chi connectivity index (χ1v) is 6.56. The van der Waals surface area contributed by atoms with Gasteiger partial charge in [-0.1, -0.05) is 36.4 Å². The highest BCUT2D eigenvalue weighted by molar-refractivity contribution is 5.89. The second-order valence-electron chi connectivity index (χ2n) is 4.85. The normalized spacial score (nSPS) is 14.3. The van der Waals surface area contributed by atoms with Gasteiger partial charge in [-0.25, -0.2) is 0 Å². The lowest BCUT2D eigenvalue weighted by atomic mass is 10.0. The Labute approximate surface area is 114 Å². The standard InChI is InChI=1S/C16H21NO2/c1-11(18-3)10-19-16-14(12(2)17)9-8-13-6-4-5-7-15(13)16/h4-9,11-12H,10,17H2,1-3H3/t11?,12-/m0/s1. The fraction of sp³-hybridized carbons (Fsp3) is 0.375. The van der Waals surface area contributed by atoms with Gasteiger partial charge in [0.05, 0.1) is 6.10 Å². The van der Waals surface area contributed by atoms with Crippen LogP contribution in [0.25, 0.3) is 10.8 Å². The lowest BCUT2D eigenvalue weighted by Crippen LogP contribution is -2.17. The van der Waals surface area contributed by atoms with Crippen LogP contribution in [0.1, 0.15) is 25.5 Å². The van der Waals surface area contributed by atoms with E-state index in [4.69, 9.17) is 15.2 Å². The van der Waals surface area contributed by atoms with Gasteiger partial charge in [0.2, 0.25) is 0 Å². The molecule has 0 aliphatic rings. The Balaban J connectivity index is 2.43. The molecular weight excluding hydrogens is 238 g/mol. The van der Waals surface area contributed by atoms with Gasteiger partial charge in [-0.3, -0.25) is 0 Å². The molecule has 102 valence electrons. The van der Waals surface area contributed by atoms with Crippen molar-refractivity contribution >= 4 is 10.8 Å². The smallest absolute Gasteiger partial charge is 0.132 e. The molecule has 2 N–H and O–H groups in total. The average molecular weight is 259 g/mol. The first kappa shape index (κ1) is 13.8. The van der Waals surface area contributed by atoms with Gasteiger partial charge >= 0.3 is 0 Å². The minimum atomic E-state index is -0.0579. The molecule has 0 aromatic heterocycles. The van der Waals surface area contributed by atoms with Crippen molar-refractivity contribution in [1.29, 1.82) is 0 Å². The van der Waals surface area contributed by atoms with Crippen LogP contribution in [-0.4, -0.2) is 19.8 Å². The number of methoxy groups -OCH3 is 1. The van der Waals surface area contributed by atoms with Gasteiger partial charge in [0.25, 0.3) is 0 Å². The molecule has 0 saturated heterocycles. The molecule has 0 bridgehead atoms. The van der Waals surface area contributed by atoms with E-state index in [1.54, 1.807) is 7.11 Å². The van der Waals surface area contributed by atoms with Gasteiger partial charge in [-0.15, -0.1) is 0 Å². The Morgan fingerprint density at radius 3 is 2.53 bits per heavy atom. The summed E-state index contributed by atoms with van der Waals surface area (Å²) < 4.78 is 11.2. The van der Waals surface area contributed by atoms with Crippen LogP contribution in [0.5, 0.6) is 5.75 Å². The molecule has 0 heterocycles. The van der Waals surface area contributed by atoms with E-state index in [0.717, 1.165) is 22.1 Å². The second kappa shape index (κ2) is 6.04. The predicted octanol–water partition coefficient (Wildman–Crippen LogP) is 3.27. The minimum absolute atomic E-state index is 0.0555. The lowest BCUT2D eigenvalue weighted by molar-refractivity contribution is 0.0718. The highest BCUT2D eigenvalue weighted by atomic mass is 16.5. The van der Waals surface area contributed by atoms with Crippen molar-refractivity contribution in [2.24, 2.45) is 5.73 Å². The molecule has 0 aliphatic carbocycles. The predicted molar refractivity (Wildman–Crippen MR) is 78.5 cm³/mol. The Kier molecular flexibility index (Phi) is 4.40. The quantitative estimate of drug-likeness (QED) is 0.896. The van der Waals surface area contributed by atoms with Gasteiger partial charge in [-0.2, -0.15) is 0 Å². The van der Waals surface area contributed by atoms with E-state index < -0.39 is 0 Å². The summed E-state index contributed by atoms with van der Waals surface area (Å²) in [6.45, 7) is 4.47. The van der Waals surface area contributed by atoms with Crippen LogP contribution in [0.2, 0.25) is 0 Å². The summed E-state index contributed by atoms with van der Waals surface area (Å²) >= 11 is 0. The van der Waals surface area contributed by atoms with Crippen molar-refractivity contribution in [3.05, 3.63) is 42.0 Å². The van der Waals surface area contributed by atoms with E-state index in [0.29, 0.717) is 6.61 Å². The summed E-state index contributed by atoms with van der Waals surface area (Å²) in [6.07, 6.45) is 0.0555. The largest absolute Gasteiger partial charge is 0.490 e. The number of benzene rings is 2. The molecular formula is C16H21NO2. The van der Waals surface area contributed by atoms with Crippen molar-refractivity contribution in [2.45, 2.75) is 26.0 Å².